The summed E-state index contributed by atoms with van der Waals surface area (Å²) in [5, 5.41) is 12.0. The zero-order chi connectivity index (χ0) is 15.8. The van der Waals surface area contributed by atoms with Crippen molar-refractivity contribution in [3.63, 3.8) is 0 Å². The van der Waals surface area contributed by atoms with E-state index >= 15 is 0 Å². The number of nitrogens with zero attached hydrogens (tertiary/aromatic N) is 2. The van der Waals surface area contributed by atoms with E-state index in [-0.39, 0.29) is 28.9 Å². The summed E-state index contributed by atoms with van der Waals surface area (Å²) in [6.45, 7) is 7.48. The molecule has 1 aromatic heterocycles. The molecule has 1 atom stereocenters. The summed E-state index contributed by atoms with van der Waals surface area (Å²) in [5.41, 5.74) is 0.124. The molecule has 6 heteroatoms. The SMILES string of the molecule is CCc1ccc(C(=O)O)c(C2=NC(C)(C(C)C)C(=O)N2)n1. The lowest BCUT2D eigenvalue weighted by Gasteiger charge is -2.21. The summed E-state index contributed by atoms with van der Waals surface area (Å²) in [4.78, 5) is 32.2. The summed E-state index contributed by atoms with van der Waals surface area (Å²) in [7, 11) is 0. The first-order chi connectivity index (χ1) is 9.79. The van der Waals surface area contributed by atoms with Gasteiger partial charge in [-0.2, -0.15) is 0 Å². The number of aromatic carboxylic acids is 1. The van der Waals surface area contributed by atoms with E-state index in [2.05, 4.69) is 15.3 Å². The molecule has 0 radical (unpaired) electrons. The lowest BCUT2D eigenvalue weighted by molar-refractivity contribution is -0.124. The van der Waals surface area contributed by atoms with Crippen LogP contribution in [0.1, 0.15) is 49.4 Å². The van der Waals surface area contributed by atoms with Crippen molar-refractivity contribution < 1.29 is 14.7 Å². The van der Waals surface area contributed by atoms with Crippen LogP contribution in [0, 0.1) is 5.92 Å². The van der Waals surface area contributed by atoms with Gasteiger partial charge in [0.2, 0.25) is 0 Å². The van der Waals surface area contributed by atoms with E-state index in [1.54, 1.807) is 13.0 Å². The van der Waals surface area contributed by atoms with Crippen LogP contribution in [0.15, 0.2) is 17.1 Å². The third kappa shape index (κ3) is 2.53. The van der Waals surface area contributed by atoms with Crippen molar-refractivity contribution in [3.05, 3.63) is 29.1 Å². The number of aromatic nitrogens is 1. The smallest absolute Gasteiger partial charge is 0.338 e. The second-order valence-corrected chi connectivity index (χ2v) is 5.57. The highest BCUT2D eigenvalue weighted by Crippen LogP contribution is 2.27. The number of carbonyl (C=O) groups is 2. The van der Waals surface area contributed by atoms with Crippen molar-refractivity contribution in [1.29, 1.82) is 0 Å². The van der Waals surface area contributed by atoms with Gasteiger partial charge in [-0.05, 0) is 31.4 Å². The van der Waals surface area contributed by atoms with Crippen LogP contribution in [0.4, 0.5) is 0 Å². The highest BCUT2D eigenvalue weighted by molar-refractivity contribution is 6.17. The molecule has 1 aliphatic rings. The van der Waals surface area contributed by atoms with Crippen LogP contribution in [0.25, 0.3) is 0 Å². The van der Waals surface area contributed by atoms with Crippen LogP contribution < -0.4 is 5.32 Å². The van der Waals surface area contributed by atoms with Crippen molar-refractivity contribution in [2.75, 3.05) is 0 Å². The fraction of sp³-hybridized carbons (Fsp3) is 0.467. The van der Waals surface area contributed by atoms with Gasteiger partial charge in [0.1, 0.15) is 11.2 Å². The van der Waals surface area contributed by atoms with Crippen molar-refractivity contribution in [2.24, 2.45) is 10.9 Å². The molecule has 6 nitrogen and oxygen atoms in total. The predicted octanol–water partition coefficient (Wildman–Crippen LogP) is 1.63. The minimum absolute atomic E-state index is 0.00219. The number of hydrogen-bond donors (Lipinski definition) is 2. The van der Waals surface area contributed by atoms with Gasteiger partial charge in [0, 0.05) is 5.69 Å². The maximum Gasteiger partial charge on any atom is 0.338 e. The normalized spacial score (nSPS) is 21.4. The maximum absolute atomic E-state index is 12.2. The van der Waals surface area contributed by atoms with Gasteiger partial charge in [0.05, 0.1) is 5.56 Å². The number of aliphatic imine (C=N–C) groups is 1. The zero-order valence-corrected chi connectivity index (χ0v) is 12.6. The van der Waals surface area contributed by atoms with Crippen LogP contribution in [0.3, 0.4) is 0 Å². The quantitative estimate of drug-likeness (QED) is 0.881. The summed E-state index contributed by atoms with van der Waals surface area (Å²) in [6.07, 6.45) is 0.676. The van der Waals surface area contributed by atoms with E-state index in [1.807, 2.05) is 20.8 Å². The van der Waals surface area contributed by atoms with Crippen LogP contribution in [-0.4, -0.2) is 33.3 Å². The Morgan fingerprint density at radius 3 is 2.57 bits per heavy atom. The molecular formula is C15H19N3O3. The standard InChI is InChI=1S/C15H19N3O3/c1-5-9-6-7-10(13(19)20)11(16-9)12-17-14(21)15(4,18-12)8(2)3/h6-8H,5H2,1-4H3,(H,19,20)(H,17,18,21). The minimum atomic E-state index is -1.09. The topological polar surface area (TPSA) is 91.6 Å². The molecule has 0 aliphatic carbocycles. The number of carboxylic acid groups (broad SMARTS) is 1. The van der Waals surface area contributed by atoms with Gasteiger partial charge in [0.15, 0.2) is 5.84 Å². The molecule has 112 valence electrons. The van der Waals surface area contributed by atoms with E-state index in [9.17, 15) is 14.7 Å². The molecule has 1 aromatic rings. The number of carbonyl (C=O) groups excluding carboxylic acids is 1. The molecular weight excluding hydrogens is 270 g/mol. The van der Waals surface area contributed by atoms with E-state index in [0.717, 1.165) is 5.69 Å². The Hall–Kier alpha value is -2.24. The summed E-state index contributed by atoms with van der Waals surface area (Å²) < 4.78 is 0. The number of nitrogens with one attached hydrogen (secondary N) is 1. The number of amides is 1. The molecule has 1 unspecified atom stereocenters. The minimum Gasteiger partial charge on any atom is -0.478 e. The Morgan fingerprint density at radius 1 is 1.43 bits per heavy atom. The summed E-state index contributed by atoms with van der Waals surface area (Å²) in [5.74, 6) is -1.08. The van der Waals surface area contributed by atoms with Crippen molar-refractivity contribution >= 4 is 17.7 Å². The Morgan fingerprint density at radius 2 is 2.10 bits per heavy atom. The van der Waals surface area contributed by atoms with Gasteiger partial charge in [-0.1, -0.05) is 20.8 Å². The Balaban J connectivity index is 2.56. The first-order valence-corrected chi connectivity index (χ1v) is 6.94. The van der Waals surface area contributed by atoms with E-state index in [4.69, 9.17) is 0 Å². The molecule has 1 aliphatic heterocycles. The number of aryl methyl sites for hydroxylation is 1. The van der Waals surface area contributed by atoms with Gasteiger partial charge in [0.25, 0.3) is 5.91 Å². The molecule has 2 rings (SSSR count). The third-order valence-electron chi connectivity index (χ3n) is 3.93. The van der Waals surface area contributed by atoms with Gasteiger partial charge in [-0.3, -0.25) is 4.79 Å². The van der Waals surface area contributed by atoms with E-state index in [0.29, 0.717) is 6.42 Å². The van der Waals surface area contributed by atoms with Crippen molar-refractivity contribution in [2.45, 2.75) is 39.7 Å². The molecule has 0 spiro atoms. The molecule has 2 N–H and O–H groups in total. The largest absolute Gasteiger partial charge is 0.478 e. The molecule has 0 fully saturated rings. The number of rotatable bonds is 4. The summed E-state index contributed by atoms with van der Waals surface area (Å²) in [6, 6.07) is 3.18. The van der Waals surface area contributed by atoms with Crippen LogP contribution >= 0.6 is 0 Å². The van der Waals surface area contributed by atoms with Gasteiger partial charge < -0.3 is 10.4 Å². The molecule has 0 saturated heterocycles. The molecule has 1 amide bonds. The second-order valence-electron chi connectivity index (χ2n) is 5.57. The third-order valence-corrected chi connectivity index (χ3v) is 3.93. The summed E-state index contributed by atoms with van der Waals surface area (Å²) >= 11 is 0. The Kier molecular flexibility index (Phi) is 3.80. The highest BCUT2D eigenvalue weighted by Gasteiger charge is 2.43. The number of carboxylic acids is 1. The second kappa shape index (κ2) is 5.27. The van der Waals surface area contributed by atoms with Crippen molar-refractivity contribution in [1.82, 2.24) is 10.3 Å². The lowest BCUT2D eigenvalue weighted by Crippen LogP contribution is -2.41. The average molecular weight is 289 g/mol. The van der Waals surface area contributed by atoms with Gasteiger partial charge in [-0.25, -0.2) is 14.8 Å². The fourth-order valence-electron chi connectivity index (χ4n) is 2.10. The highest BCUT2D eigenvalue weighted by atomic mass is 16.4. The first-order valence-electron chi connectivity index (χ1n) is 6.94. The monoisotopic (exact) mass is 289 g/mol. The molecule has 21 heavy (non-hydrogen) atoms. The van der Waals surface area contributed by atoms with Crippen molar-refractivity contribution in [3.8, 4) is 0 Å². The number of amidine groups is 1. The molecule has 0 saturated carbocycles. The average Bonchev–Trinajstić information content (AvgIpc) is 2.75. The van der Waals surface area contributed by atoms with Gasteiger partial charge >= 0.3 is 5.97 Å². The lowest BCUT2D eigenvalue weighted by atomic mass is 9.89. The van der Waals surface area contributed by atoms with E-state index < -0.39 is 11.5 Å². The number of pyridine rings is 1. The fourth-order valence-corrected chi connectivity index (χ4v) is 2.10. The Bertz CT molecular complexity index is 637. The number of hydrogen-bond acceptors (Lipinski definition) is 4. The van der Waals surface area contributed by atoms with E-state index in [1.165, 1.54) is 6.07 Å². The predicted molar refractivity (Wildman–Crippen MR) is 78.5 cm³/mol. The van der Waals surface area contributed by atoms with Crippen LogP contribution in [-0.2, 0) is 11.2 Å². The molecule has 0 aromatic carbocycles. The Labute approximate surface area is 123 Å². The van der Waals surface area contributed by atoms with Gasteiger partial charge in [-0.15, -0.1) is 0 Å². The molecule has 2 heterocycles. The molecule has 0 bridgehead atoms. The van der Waals surface area contributed by atoms with Crippen LogP contribution in [0.5, 0.6) is 0 Å². The first kappa shape index (κ1) is 15.2. The zero-order valence-electron chi connectivity index (χ0n) is 12.6. The van der Waals surface area contributed by atoms with Crippen LogP contribution in [0.2, 0.25) is 0 Å². The maximum atomic E-state index is 12.2.